The Labute approximate surface area is 346 Å². The molecule has 9 rings (SSSR count). The van der Waals surface area contributed by atoms with Gasteiger partial charge in [0, 0.05) is 72.6 Å². The number of nitriles is 1. The Morgan fingerprint density at radius 3 is 2.40 bits per heavy atom. The zero-order valence-electron chi connectivity index (χ0n) is 34.0. The summed E-state index contributed by atoms with van der Waals surface area (Å²) < 4.78 is 34.0. The molecular formula is C45H49F2N9O4. The third kappa shape index (κ3) is 7.45. The van der Waals surface area contributed by atoms with E-state index in [9.17, 15) is 24.8 Å². The minimum atomic E-state index is -1.26. The Balaban J connectivity index is 0.801. The van der Waals surface area contributed by atoms with Crippen LogP contribution >= 0.6 is 0 Å². The van der Waals surface area contributed by atoms with E-state index in [1.807, 2.05) is 23.0 Å². The number of hydrogen-bond acceptors (Lipinski definition) is 9. The molecule has 2 saturated carbocycles. The van der Waals surface area contributed by atoms with Gasteiger partial charge in [-0.1, -0.05) is 0 Å². The number of carbonyl (C=O) groups excluding carboxylic acids is 3. The van der Waals surface area contributed by atoms with E-state index in [2.05, 4.69) is 38.5 Å². The van der Waals surface area contributed by atoms with Gasteiger partial charge in [-0.2, -0.15) is 15.5 Å². The molecule has 2 aliphatic carbocycles. The number of carbonyl (C=O) groups is 3. The number of piperidine rings is 1. The predicted molar refractivity (Wildman–Crippen MR) is 219 cm³/mol. The van der Waals surface area contributed by atoms with Gasteiger partial charge in [0.25, 0.3) is 5.91 Å². The van der Waals surface area contributed by atoms with Crippen LogP contribution in [-0.4, -0.2) is 89.8 Å². The lowest BCUT2D eigenvalue weighted by molar-refractivity contribution is -0.134. The first-order valence-electron chi connectivity index (χ1n) is 21.0. The summed E-state index contributed by atoms with van der Waals surface area (Å²) >= 11 is 0. The summed E-state index contributed by atoms with van der Waals surface area (Å²) in [5, 5.41) is 35.7. The first kappa shape index (κ1) is 39.9. The van der Waals surface area contributed by atoms with Gasteiger partial charge in [-0.25, -0.2) is 13.3 Å². The summed E-state index contributed by atoms with van der Waals surface area (Å²) in [6.07, 6.45) is 9.36. The highest BCUT2D eigenvalue weighted by Gasteiger charge is 2.41. The topological polar surface area (TPSA) is 161 Å². The average molecular weight is 818 g/mol. The van der Waals surface area contributed by atoms with Crippen LogP contribution < -0.4 is 10.6 Å². The SMILES string of the molecule is C[C@@H]1CN(C2CC(c3cc(F)c([C@@H]4CCC(=O)NC4=O)c(F)c3)C2)CCN1C1CCC(n2cc3cc(NC(=O)c4ccc5cc(C#N)cnn45)c(C(C)(C)O)cc3n2)CC1. The van der Waals surface area contributed by atoms with Crippen LogP contribution in [0.5, 0.6) is 0 Å². The van der Waals surface area contributed by atoms with E-state index in [4.69, 9.17) is 5.10 Å². The molecule has 0 unspecified atom stereocenters. The van der Waals surface area contributed by atoms with Crippen molar-refractivity contribution in [3.8, 4) is 6.07 Å². The number of aromatic nitrogens is 4. The van der Waals surface area contributed by atoms with Crippen LogP contribution in [0.2, 0.25) is 0 Å². The highest BCUT2D eigenvalue weighted by Crippen LogP contribution is 2.43. The minimum Gasteiger partial charge on any atom is -0.386 e. The maximum absolute atomic E-state index is 15.2. The number of amides is 3. The van der Waals surface area contributed by atoms with Crippen LogP contribution in [0, 0.1) is 23.0 Å². The second-order valence-corrected chi connectivity index (χ2v) is 17.8. The van der Waals surface area contributed by atoms with Crippen LogP contribution in [0.1, 0.15) is 123 Å². The number of aliphatic hydroxyl groups is 1. The third-order valence-electron chi connectivity index (χ3n) is 13.4. The van der Waals surface area contributed by atoms with Crippen molar-refractivity contribution in [2.45, 2.75) is 114 Å². The number of nitrogens with zero attached hydrogens (tertiary/aromatic N) is 7. The fourth-order valence-corrected chi connectivity index (χ4v) is 10.1. The highest BCUT2D eigenvalue weighted by molar-refractivity contribution is 6.05. The molecular weight excluding hydrogens is 769 g/mol. The fourth-order valence-electron chi connectivity index (χ4n) is 10.1. The first-order chi connectivity index (χ1) is 28.7. The van der Waals surface area contributed by atoms with Crippen molar-refractivity contribution >= 4 is 39.8 Å². The highest BCUT2D eigenvalue weighted by atomic mass is 19.1. The molecule has 2 atom stereocenters. The Hall–Kier alpha value is -5.56. The van der Waals surface area contributed by atoms with Gasteiger partial charge >= 0.3 is 0 Å². The Bertz CT molecular complexity index is 2540. The molecule has 0 radical (unpaired) electrons. The predicted octanol–water partition coefficient (Wildman–Crippen LogP) is 6.27. The first-order valence-corrected chi connectivity index (χ1v) is 21.0. The van der Waals surface area contributed by atoms with Crippen LogP contribution in [0.4, 0.5) is 14.5 Å². The molecule has 3 aromatic heterocycles. The normalized spacial score (nSPS) is 25.6. The van der Waals surface area contributed by atoms with Gasteiger partial charge in [0.2, 0.25) is 11.8 Å². The molecule has 60 heavy (non-hydrogen) atoms. The number of piperazine rings is 1. The second kappa shape index (κ2) is 15.5. The van der Waals surface area contributed by atoms with E-state index in [0.717, 1.165) is 69.1 Å². The average Bonchev–Trinajstić information content (AvgIpc) is 3.81. The van der Waals surface area contributed by atoms with Gasteiger partial charge in [-0.05, 0) is 120 Å². The van der Waals surface area contributed by atoms with E-state index in [0.29, 0.717) is 51.7 Å². The Morgan fingerprint density at radius 1 is 0.983 bits per heavy atom. The number of imide groups is 1. The third-order valence-corrected chi connectivity index (χ3v) is 13.4. The molecule has 4 aliphatic rings. The number of halogens is 2. The van der Waals surface area contributed by atoms with Crippen molar-refractivity contribution in [1.82, 2.24) is 34.5 Å². The number of nitrogens with one attached hydrogen (secondary N) is 2. The van der Waals surface area contributed by atoms with Crippen LogP contribution in [-0.2, 0) is 15.2 Å². The van der Waals surface area contributed by atoms with Gasteiger partial charge in [0.05, 0.1) is 40.4 Å². The lowest BCUT2D eigenvalue weighted by Gasteiger charge is -2.51. The molecule has 15 heteroatoms. The molecule has 3 N–H and O–H groups in total. The molecule has 2 aliphatic heterocycles. The van der Waals surface area contributed by atoms with E-state index in [1.165, 1.54) is 22.8 Å². The number of anilines is 1. The maximum Gasteiger partial charge on any atom is 0.274 e. The van der Waals surface area contributed by atoms with Crippen LogP contribution in [0.25, 0.3) is 16.4 Å². The van der Waals surface area contributed by atoms with Crippen molar-refractivity contribution in [1.29, 1.82) is 5.26 Å². The molecule has 0 spiro atoms. The summed E-state index contributed by atoms with van der Waals surface area (Å²) in [4.78, 5) is 42.6. The molecule has 5 heterocycles. The van der Waals surface area contributed by atoms with Crippen molar-refractivity contribution in [3.05, 3.63) is 94.4 Å². The Morgan fingerprint density at radius 2 is 1.72 bits per heavy atom. The van der Waals surface area contributed by atoms with Gasteiger partial charge in [0.15, 0.2) is 0 Å². The van der Waals surface area contributed by atoms with Gasteiger partial charge in [-0.3, -0.25) is 34.2 Å². The zero-order valence-corrected chi connectivity index (χ0v) is 34.0. The van der Waals surface area contributed by atoms with Gasteiger partial charge in [-0.15, -0.1) is 0 Å². The van der Waals surface area contributed by atoms with Crippen LogP contribution in [0.15, 0.2) is 54.9 Å². The van der Waals surface area contributed by atoms with Crippen molar-refractivity contribution in [3.63, 3.8) is 0 Å². The van der Waals surface area contributed by atoms with Crippen molar-refractivity contribution < 1.29 is 28.3 Å². The molecule has 5 aromatic rings. The fraction of sp³-hybridized carbons (Fsp3) is 0.467. The monoisotopic (exact) mass is 817 g/mol. The van der Waals surface area contributed by atoms with Gasteiger partial charge < -0.3 is 10.4 Å². The second-order valence-electron chi connectivity index (χ2n) is 17.8. The van der Waals surface area contributed by atoms with Crippen molar-refractivity contribution in [2.24, 2.45) is 0 Å². The molecule has 4 fully saturated rings. The quantitative estimate of drug-likeness (QED) is 0.153. The van der Waals surface area contributed by atoms with E-state index >= 15 is 8.78 Å². The number of benzene rings is 2. The minimum absolute atomic E-state index is 0.0630. The number of rotatable bonds is 8. The summed E-state index contributed by atoms with van der Waals surface area (Å²) in [5.74, 6) is -3.80. The largest absolute Gasteiger partial charge is 0.386 e. The molecule has 13 nitrogen and oxygen atoms in total. The summed E-state index contributed by atoms with van der Waals surface area (Å²) in [6, 6.07) is 15.0. The summed E-state index contributed by atoms with van der Waals surface area (Å²) in [7, 11) is 0. The standard InChI is InChI=1S/C45H49F2N9O4/c1-25-23-53(33-15-27(16-33)28-17-36(46)42(37(47)18-28)34-9-11-41(57)51-43(34)58)12-13-54(25)30-4-6-31(7-5-30)55-24-29-19-39(35(45(2,3)60)20-38(29)52-55)50-44(59)40-10-8-32-14-26(21-48)22-49-56(32)40/h8,10,14,17-20,22,24-25,27,30-31,33-34,60H,4-7,9,11-13,15-16,23H2,1-3H3,(H,50,59)(H,51,57,58)/t25-,27?,30?,31?,33?,34+/m1/s1. The van der Waals surface area contributed by atoms with Crippen LogP contribution in [0.3, 0.4) is 0 Å². The molecule has 3 amide bonds. The number of hydrogen-bond donors (Lipinski definition) is 3. The summed E-state index contributed by atoms with van der Waals surface area (Å²) in [5.41, 5.74) is 2.24. The van der Waals surface area contributed by atoms with E-state index in [1.54, 1.807) is 32.0 Å². The number of fused-ring (bicyclic) bond motifs is 2. The van der Waals surface area contributed by atoms with Gasteiger partial charge in [0.1, 0.15) is 23.4 Å². The smallest absolute Gasteiger partial charge is 0.274 e. The molecule has 0 bridgehead atoms. The molecule has 2 aromatic carbocycles. The zero-order chi connectivity index (χ0) is 42.0. The maximum atomic E-state index is 15.2. The van der Waals surface area contributed by atoms with E-state index < -0.39 is 40.9 Å². The lowest BCUT2D eigenvalue weighted by atomic mass is 9.74. The summed E-state index contributed by atoms with van der Waals surface area (Å²) in [6.45, 7) is 8.52. The Kier molecular flexibility index (Phi) is 10.3. The van der Waals surface area contributed by atoms with Crippen molar-refractivity contribution in [2.75, 3.05) is 25.0 Å². The molecule has 312 valence electrons. The lowest BCUT2D eigenvalue weighted by Crippen LogP contribution is -2.59. The van der Waals surface area contributed by atoms with E-state index in [-0.39, 0.29) is 30.4 Å². The molecule has 2 saturated heterocycles.